The van der Waals surface area contributed by atoms with E-state index >= 15 is 0 Å². The predicted molar refractivity (Wildman–Crippen MR) is 58.4 cm³/mol. The van der Waals surface area contributed by atoms with Crippen molar-refractivity contribution in [3.63, 3.8) is 0 Å². The molecule has 1 aromatic carbocycles. The first-order valence-electron chi connectivity index (χ1n) is 5.22. The molecule has 3 nitrogen and oxygen atoms in total. The van der Waals surface area contributed by atoms with Gasteiger partial charge in [-0.15, -0.1) is 0 Å². The minimum absolute atomic E-state index is 0.0132. The number of aromatic amines is 1. The number of aromatic nitrogens is 2. The molecule has 0 atom stereocenters. The van der Waals surface area contributed by atoms with Crippen molar-refractivity contribution in [2.24, 2.45) is 0 Å². The van der Waals surface area contributed by atoms with Crippen molar-refractivity contribution < 1.29 is 0 Å². The van der Waals surface area contributed by atoms with Crippen LogP contribution in [0.5, 0.6) is 0 Å². The smallest absolute Gasteiger partial charge is 0.264 e. The molecule has 0 amide bonds. The summed E-state index contributed by atoms with van der Waals surface area (Å²) in [5.41, 5.74) is 2.13. The highest BCUT2D eigenvalue weighted by Crippen LogP contribution is 2.39. The largest absolute Gasteiger partial charge is 0.268 e. The maximum Gasteiger partial charge on any atom is 0.264 e. The average molecular weight is 200 g/mol. The highest BCUT2D eigenvalue weighted by atomic mass is 16.1. The van der Waals surface area contributed by atoms with Crippen LogP contribution < -0.4 is 5.56 Å². The molecule has 3 heteroatoms. The molecule has 1 N–H and O–H groups in total. The fourth-order valence-electron chi connectivity index (χ4n) is 1.88. The number of rotatable bonds is 2. The first-order valence-corrected chi connectivity index (χ1v) is 5.22. The van der Waals surface area contributed by atoms with Crippen LogP contribution >= 0.6 is 0 Å². The van der Waals surface area contributed by atoms with E-state index in [2.05, 4.69) is 5.10 Å². The Morgan fingerprint density at radius 2 is 1.93 bits per heavy atom. The molecule has 0 spiro atoms. The number of nitrogens with one attached hydrogen (secondary N) is 1. The lowest BCUT2D eigenvalue weighted by Gasteiger charge is -2.06. The Morgan fingerprint density at radius 3 is 2.60 bits per heavy atom. The van der Waals surface area contributed by atoms with Gasteiger partial charge in [-0.25, -0.2) is 0 Å². The zero-order valence-electron chi connectivity index (χ0n) is 8.31. The molecular formula is C12H12N2O. The van der Waals surface area contributed by atoms with Crippen LogP contribution in [0.4, 0.5) is 0 Å². The lowest BCUT2D eigenvalue weighted by Crippen LogP contribution is -2.04. The summed E-state index contributed by atoms with van der Waals surface area (Å²) in [5.74, 6) is 0.573. The van der Waals surface area contributed by atoms with E-state index in [1.807, 2.05) is 35.0 Å². The summed E-state index contributed by atoms with van der Waals surface area (Å²) in [6, 6.07) is 11.6. The Morgan fingerprint density at radius 1 is 1.20 bits per heavy atom. The Balaban J connectivity index is 2.14. The van der Waals surface area contributed by atoms with Gasteiger partial charge in [0.25, 0.3) is 5.56 Å². The van der Waals surface area contributed by atoms with Crippen molar-refractivity contribution in [3.05, 3.63) is 52.4 Å². The lowest BCUT2D eigenvalue weighted by atomic mass is 10.2. The van der Waals surface area contributed by atoms with Crippen LogP contribution in [-0.2, 0) is 0 Å². The van der Waals surface area contributed by atoms with Gasteiger partial charge in [-0.2, -0.15) is 0 Å². The average Bonchev–Trinajstić information content (AvgIpc) is 3.03. The summed E-state index contributed by atoms with van der Waals surface area (Å²) < 4.78 is 1.90. The van der Waals surface area contributed by atoms with Gasteiger partial charge in [0.05, 0.1) is 5.69 Å². The van der Waals surface area contributed by atoms with E-state index in [0.29, 0.717) is 5.92 Å². The van der Waals surface area contributed by atoms with E-state index in [4.69, 9.17) is 0 Å². The van der Waals surface area contributed by atoms with E-state index in [9.17, 15) is 4.79 Å². The Bertz CT molecular complexity index is 520. The summed E-state index contributed by atoms with van der Waals surface area (Å²) in [6.07, 6.45) is 2.40. The van der Waals surface area contributed by atoms with E-state index in [0.717, 1.165) is 11.4 Å². The van der Waals surface area contributed by atoms with Crippen LogP contribution in [0, 0.1) is 0 Å². The van der Waals surface area contributed by atoms with Crippen LogP contribution in [0.15, 0.2) is 41.2 Å². The zero-order valence-corrected chi connectivity index (χ0v) is 8.31. The summed E-state index contributed by atoms with van der Waals surface area (Å²) in [5, 5.41) is 2.84. The first-order chi connectivity index (χ1) is 7.34. The summed E-state index contributed by atoms with van der Waals surface area (Å²) in [4.78, 5) is 11.3. The second kappa shape index (κ2) is 3.12. The Kier molecular flexibility index (Phi) is 1.78. The van der Waals surface area contributed by atoms with Gasteiger partial charge in [0.1, 0.15) is 0 Å². The van der Waals surface area contributed by atoms with Gasteiger partial charge in [-0.1, -0.05) is 18.2 Å². The van der Waals surface area contributed by atoms with Crippen LogP contribution in [0.25, 0.3) is 5.69 Å². The Labute approximate surface area is 87.3 Å². The number of benzene rings is 1. The molecule has 1 heterocycles. The molecule has 76 valence electrons. The number of hydrogen-bond donors (Lipinski definition) is 1. The molecule has 15 heavy (non-hydrogen) atoms. The topological polar surface area (TPSA) is 37.8 Å². The summed E-state index contributed by atoms with van der Waals surface area (Å²) in [7, 11) is 0. The number of para-hydroxylation sites is 1. The van der Waals surface area contributed by atoms with Gasteiger partial charge in [-0.3, -0.25) is 14.6 Å². The molecule has 0 saturated heterocycles. The fourth-order valence-corrected chi connectivity index (χ4v) is 1.88. The third-order valence-electron chi connectivity index (χ3n) is 2.77. The van der Waals surface area contributed by atoms with Gasteiger partial charge < -0.3 is 0 Å². The molecule has 1 aliphatic rings. The molecule has 1 fully saturated rings. The van der Waals surface area contributed by atoms with Crippen LogP contribution in [-0.4, -0.2) is 9.78 Å². The summed E-state index contributed by atoms with van der Waals surface area (Å²) in [6.45, 7) is 0. The Hall–Kier alpha value is -1.77. The molecular weight excluding hydrogens is 188 g/mol. The first kappa shape index (κ1) is 8.53. The minimum Gasteiger partial charge on any atom is -0.268 e. The number of H-pyrrole nitrogens is 1. The third-order valence-corrected chi connectivity index (χ3v) is 2.77. The van der Waals surface area contributed by atoms with Crippen LogP contribution in [0.3, 0.4) is 0 Å². The van der Waals surface area contributed by atoms with Crippen molar-refractivity contribution in [1.82, 2.24) is 9.78 Å². The molecule has 1 saturated carbocycles. The second-order valence-electron chi connectivity index (χ2n) is 3.99. The summed E-state index contributed by atoms with van der Waals surface area (Å²) >= 11 is 0. The number of nitrogens with zero attached hydrogens (tertiary/aromatic N) is 1. The highest BCUT2D eigenvalue weighted by Gasteiger charge is 2.27. The normalized spacial score (nSPS) is 15.5. The van der Waals surface area contributed by atoms with Gasteiger partial charge in [0.15, 0.2) is 0 Å². The fraction of sp³-hybridized carbons (Fsp3) is 0.250. The highest BCUT2D eigenvalue weighted by molar-refractivity contribution is 5.34. The SMILES string of the molecule is O=c1cc(C2CC2)n(-c2ccccc2)[nH]1. The maximum absolute atomic E-state index is 11.3. The molecule has 0 unspecified atom stereocenters. The molecule has 0 radical (unpaired) electrons. The van der Waals surface area contributed by atoms with E-state index < -0.39 is 0 Å². The van der Waals surface area contributed by atoms with Crippen molar-refractivity contribution in [2.75, 3.05) is 0 Å². The van der Waals surface area contributed by atoms with E-state index in [1.165, 1.54) is 12.8 Å². The maximum atomic E-state index is 11.3. The minimum atomic E-state index is -0.0132. The quantitative estimate of drug-likeness (QED) is 0.791. The molecule has 3 rings (SSSR count). The number of hydrogen-bond acceptors (Lipinski definition) is 1. The second-order valence-corrected chi connectivity index (χ2v) is 3.99. The molecule has 0 bridgehead atoms. The standard InChI is InChI=1S/C12H12N2O/c15-12-8-11(9-6-7-9)14(13-12)10-4-2-1-3-5-10/h1-5,8-9H,6-7H2,(H,13,15). The molecule has 2 aromatic rings. The van der Waals surface area contributed by atoms with Crippen molar-refractivity contribution in [3.8, 4) is 5.69 Å². The van der Waals surface area contributed by atoms with Crippen LogP contribution in [0.2, 0.25) is 0 Å². The molecule has 1 aliphatic carbocycles. The molecule has 1 aromatic heterocycles. The third kappa shape index (κ3) is 1.50. The van der Waals surface area contributed by atoms with Crippen molar-refractivity contribution >= 4 is 0 Å². The zero-order chi connectivity index (χ0) is 10.3. The van der Waals surface area contributed by atoms with Crippen molar-refractivity contribution in [1.29, 1.82) is 0 Å². The van der Waals surface area contributed by atoms with Crippen molar-refractivity contribution in [2.45, 2.75) is 18.8 Å². The van der Waals surface area contributed by atoms with E-state index in [-0.39, 0.29) is 5.56 Å². The van der Waals surface area contributed by atoms with Gasteiger partial charge in [-0.05, 0) is 25.0 Å². The van der Waals surface area contributed by atoms with Crippen LogP contribution in [0.1, 0.15) is 24.5 Å². The lowest BCUT2D eigenvalue weighted by molar-refractivity contribution is 0.800. The monoisotopic (exact) mass is 200 g/mol. The van der Waals surface area contributed by atoms with E-state index in [1.54, 1.807) is 6.07 Å². The predicted octanol–water partition coefficient (Wildman–Crippen LogP) is 2.04. The van der Waals surface area contributed by atoms with Gasteiger partial charge in [0.2, 0.25) is 0 Å². The van der Waals surface area contributed by atoms with Gasteiger partial charge >= 0.3 is 0 Å². The van der Waals surface area contributed by atoms with Gasteiger partial charge in [0, 0.05) is 17.7 Å². The molecule has 0 aliphatic heterocycles.